The predicted molar refractivity (Wildman–Crippen MR) is 82.3 cm³/mol. The molecular weight excluding hydrogens is 288 g/mol. The fraction of sp³-hybridized carbons (Fsp3) is 0.667. The highest BCUT2D eigenvalue weighted by atomic mass is 32.2. The first-order valence-electron chi connectivity index (χ1n) is 7.61. The highest BCUT2D eigenvalue weighted by Gasteiger charge is 2.34. The van der Waals surface area contributed by atoms with E-state index in [1.807, 2.05) is 16.7 Å². The lowest BCUT2D eigenvalue weighted by Gasteiger charge is -2.42. The molecule has 0 radical (unpaired) electrons. The Balaban J connectivity index is 1.75. The molecule has 1 fully saturated rings. The Labute approximate surface area is 125 Å². The van der Waals surface area contributed by atoms with Gasteiger partial charge in [-0.3, -0.25) is 4.79 Å². The van der Waals surface area contributed by atoms with Gasteiger partial charge in [0, 0.05) is 49.6 Å². The maximum atomic E-state index is 11.9. The Bertz CT molecular complexity index is 680. The van der Waals surface area contributed by atoms with Crippen LogP contribution in [0.5, 0.6) is 0 Å². The normalized spacial score (nSPS) is 25.6. The number of rotatable bonds is 4. The SMILES string of the molecule is CCS(=O)(=O)CCN1C[C@H]2C[C@@H](C1)c1cccc(=O)n1C2. The number of sulfone groups is 1. The van der Waals surface area contributed by atoms with Crippen LogP contribution in [-0.4, -0.2) is 49.0 Å². The zero-order chi connectivity index (χ0) is 15.0. The number of fused-ring (bicyclic) bond motifs is 4. The van der Waals surface area contributed by atoms with Gasteiger partial charge in [0.1, 0.15) is 0 Å². The summed E-state index contributed by atoms with van der Waals surface area (Å²) in [5, 5.41) is 0. The first-order valence-corrected chi connectivity index (χ1v) is 9.43. The molecule has 0 unspecified atom stereocenters. The molecule has 3 rings (SSSR count). The molecule has 0 spiro atoms. The molecule has 2 aliphatic heterocycles. The monoisotopic (exact) mass is 310 g/mol. The topological polar surface area (TPSA) is 59.4 Å². The lowest BCUT2D eigenvalue weighted by Crippen LogP contribution is -2.48. The van der Waals surface area contributed by atoms with E-state index in [1.165, 1.54) is 0 Å². The molecule has 1 aromatic heterocycles. The molecule has 6 heteroatoms. The second kappa shape index (κ2) is 5.57. The van der Waals surface area contributed by atoms with Crippen molar-refractivity contribution >= 4 is 9.84 Å². The summed E-state index contributed by atoms with van der Waals surface area (Å²) in [6.45, 7) is 4.83. The summed E-state index contributed by atoms with van der Waals surface area (Å²) >= 11 is 0. The van der Waals surface area contributed by atoms with Crippen LogP contribution in [0, 0.1) is 5.92 Å². The molecule has 0 N–H and O–H groups in total. The van der Waals surface area contributed by atoms with Crippen LogP contribution in [0.15, 0.2) is 23.0 Å². The minimum atomic E-state index is -2.91. The third-order valence-electron chi connectivity index (χ3n) is 4.71. The summed E-state index contributed by atoms with van der Waals surface area (Å²) in [6, 6.07) is 5.49. The molecular formula is C15H22N2O3S. The fourth-order valence-electron chi connectivity index (χ4n) is 3.59. The van der Waals surface area contributed by atoms with Gasteiger partial charge in [0.05, 0.1) is 5.75 Å². The third-order valence-corrected chi connectivity index (χ3v) is 6.40. The lowest BCUT2D eigenvalue weighted by molar-refractivity contribution is 0.126. The van der Waals surface area contributed by atoms with Crippen LogP contribution >= 0.6 is 0 Å². The van der Waals surface area contributed by atoms with Gasteiger partial charge in [-0.2, -0.15) is 0 Å². The number of pyridine rings is 1. The number of likely N-dealkylation sites (tertiary alicyclic amines) is 1. The Morgan fingerprint density at radius 1 is 1.24 bits per heavy atom. The standard InChI is InChI=1S/C15H22N2O3S/c1-2-21(19,20)7-6-16-9-12-8-13(11-16)14-4-3-5-15(18)17(14)10-12/h3-5,12-13H,2,6-11H2,1H3/t12-,13+/m1/s1. The first kappa shape index (κ1) is 14.8. The smallest absolute Gasteiger partial charge is 0.250 e. The summed E-state index contributed by atoms with van der Waals surface area (Å²) in [6.07, 6.45) is 1.11. The molecule has 21 heavy (non-hydrogen) atoms. The molecule has 0 saturated carbocycles. The van der Waals surface area contributed by atoms with Crippen LogP contribution in [0.3, 0.4) is 0 Å². The molecule has 1 aromatic rings. The Kier molecular flexibility index (Phi) is 3.92. The van der Waals surface area contributed by atoms with Crippen molar-refractivity contribution in [3.05, 3.63) is 34.2 Å². The molecule has 0 aromatic carbocycles. The van der Waals surface area contributed by atoms with Gasteiger partial charge in [-0.05, 0) is 18.4 Å². The average Bonchev–Trinajstić information content (AvgIpc) is 2.46. The molecule has 116 valence electrons. The van der Waals surface area contributed by atoms with Gasteiger partial charge >= 0.3 is 0 Å². The van der Waals surface area contributed by atoms with Gasteiger partial charge in [0.2, 0.25) is 0 Å². The minimum absolute atomic E-state index is 0.0872. The van der Waals surface area contributed by atoms with Gasteiger partial charge in [0.25, 0.3) is 5.56 Å². The minimum Gasteiger partial charge on any atom is -0.312 e. The number of hydrogen-bond acceptors (Lipinski definition) is 4. The van der Waals surface area contributed by atoms with Crippen LogP contribution < -0.4 is 5.56 Å². The van der Waals surface area contributed by atoms with Gasteiger partial charge in [-0.15, -0.1) is 0 Å². The van der Waals surface area contributed by atoms with E-state index in [4.69, 9.17) is 0 Å². The Morgan fingerprint density at radius 2 is 2.05 bits per heavy atom. The third kappa shape index (κ3) is 3.06. The summed E-state index contributed by atoms with van der Waals surface area (Å²) in [5.74, 6) is 1.27. The van der Waals surface area contributed by atoms with Crippen molar-refractivity contribution in [3.8, 4) is 0 Å². The van der Waals surface area contributed by atoms with E-state index in [9.17, 15) is 13.2 Å². The molecule has 2 bridgehead atoms. The maximum Gasteiger partial charge on any atom is 0.250 e. The van der Waals surface area contributed by atoms with Gasteiger partial charge in [0.15, 0.2) is 9.84 Å². The van der Waals surface area contributed by atoms with Crippen LogP contribution in [0.25, 0.3) is 0 Å². The number of piperidine rings is 1. The van der Waals surface area contributed by atoms with E-state index >= 15 is 0 Å². The quantitative estimate of drug-likeness (QED) is 0.821. The van der Waals surface area contributed by atoms with Crippen LogP contribution in [0.1, 0.15) is 25.0 Å². The van der Waals surface area contributed by atoms with Crippen LogP contribution in [-0.2, 0) is 16.4 Å². The van der Waals surface area contributed by atoms with E-state index in [0.29, 0.717) is 18.4 Å². The second-order valence-corrected chi connectivity index (χ2v) is 8.67. The molecule has 0 amide bonds. The predicted octanol–water partition coefficient (Wildman–Crippen LogP) is 0.702. The largest absolute Gasteiger partial charge is 0.312 e. The van der Waals surface area contributed by atoms with E-state index < -0.39 is 9.84 Å². The fourth-order valence-corrected chi connectivity index (χ4v) is 4.42. The lowest BCUT2D eigenvalue weighted by atomic mass is 9.83. The maximum absolute atomic E-state index is 11.9. The van der Waals surface area contributed by atoms with Crippen molar-refractivity contribution in [2.24, 2.45) is 5.92 Å². The average molecular weight is 310 g/mol. The van der Waals surface area contributed by atoms with E-state index in [1.54, 1.807) is 13.0 Å². The summed E-state index contributed by atoms with van der Waals surface area (Å²) in [5.41, 5.74) is 1.20. The zero-order valence-electron chi connectivity index (χ0n) is 12.4. The molecule has 2 aliphatic rings. The van der Waals surface area contributed by atoms with Gasteiger partial charge in [-0.25, -0.2) is 8.42 Å². The Hall–Kier alpha value is -1.14. The van der Waals surface area contributed by atoms with Crippen molar-refractivity contribution < 1.29 is 8.42 Å². The second-order valence-electron chi connectivity index (χ2n) is 6.19. The Morgan fingerprint density at radius 3 is 2.81 bits per heavy atom. The number of hydrogen-bond donors (Lipinski definition) is 0. The molecule has 5 nitrogen and oxygen atoms in total. The van der Waals surface area contributed by atoms with Crippen LogP contribution in [0.2, 0.25) is 0 Å². The van der Waals surface area contributed by atoms with Crippen molar-refractivity contribution in [2.75, 3.05) is 31.1 Å². The molecule has 2 atom stereocenters. The van der Waals surface area contributed by atoms with Crippen molar-refractivity contribution in [1.29, 1.82) is 0 Å². The van der Waals surface area contributed by atoms with E-state index in [2.05, 4.69) is 4.90 Å². The molecule has 1 saturated heterocycles. The summed E-state index contributed by atoms with van der Waals surface area (Å²) in [7, 11) is -2.91. The van der Waals surface area contributed by atoms with Gasteiger partial charge < -0.3 is 9.47 Å². The zero-order valence-corrected chi connectivity index (χ0v) is 13.2. The molecule has 0 aliphatic carbocycles. The molecule has 3 heterocycles. The number of nitrogens with zero attached hydrogens (tertiary/aromatic N) is 2. The highest BCUT2D eigenvalue weighted by Crippen LogP contribution is 2.34. The summed E-state index contributed by atoms with van der Waals surface area (Å²) < 4.78 is 25.2. The number of aromatic nitrogens is 1. The van der Waals surface area contributed by atoms with E-state index in [-0.39, 0.29) is 17.1 Å². The highest BCUT2D eigenvalue weighted by molar-refractivity contribution is 7.91. The first-order chi connectivity index (χ1) is 9.98. The van der Waals surface area contributed by atoms with Crippen molar-refractivity contribution in [3.63, 3.8) is 0 Å². The summed E-state index contributed by atoms with van der Waals surface area (Å²) in [4.78, 5) is 14.2. The van der Waals surface area contributed by atoms with E-state index in [0.717, 1.165) is 31.7 Å². The van der Waals surface area contributed by atoms with Crippen molar-refractivity contribution in [1.82, 2.24) is 9.47 Å². The van der Waals surface area contributed by atoms with Crippen LogP contribution in [0.4, 0.5) is 0 Å². The van der Waals surface area contributed by atoms with Crippen molar-refractivity contribution in [2.45, 2.75) is 25.8 Å². The van der Waals surface area contributed by atoms with Gasteiger partial charge in [-0.1, -0.05) is 13.0 Å².